The van der Waals surface area contributed by atoms with Gasteiger partial charge in [-0.05, 0) is 100 Å². The van der Waals surface area contributed by atoms with Crippen LogP contribution in [-0.4, -0.2) is 13.0 Å². The molecule has 0 radical (unpaired) electrons. The van der Waals surface area contributed by atoms with Gasteiger partial charge in [-0.2, -0.15) is 0 Å². The molecule has 7 rings (SSSR count). The van der Waals surface area contributed by atoms with Gasteiger partial charge in [0.15, 0.2) is 5.96 Å². The van der Waals surface area contributed by atoms with Crippen molar-refractivity contribution in [3.05, 3.63) is 131 Å². The Hall–Kier alpha value is -4.89. The maximum Gasteiger partial charge on any atom is 0.191 e. The lowest BCUT2D eigenvalue weighted by Crippen LogP contribution is -2.36. The second-order valence-corrected chi connectivity index (χ2v) is 14.9. The molecular formula is C44H45N3. The Bertz CT molecular complexity index is 1990. The molecule has 1 heterocycles. The van der Waals surface area contributed by atoms with Crippen molar-refractivity contribution in [3.63, 3.8) is 0 Å². The van der Waals surface area contributed by atoms with Crippen LogP contribution in [0.2, 0.25) is 0 Å². The summed E-state index contributed by atoms with van der Waals surface area (Å²) < 4.78 is 0. The number of hydrogen-bond acceptors (Lipinski definition) is 1. The van der Waals surface area contributed by atoms with E-state index in [4.69, 9.17) is 0 Å². The van der Waals surface area contributed by atoms with Crippen LogP contribution >= 0.6 is 0 Å². The van der Waals surface area contributed by atoms with Crippen molar-refractivity contribution in [2.24, 2.45) is 4.99 Å². The lowest BCUT2D eigenvalue weighted by Gasteiger charge is -2.24. The summed E-state index contributed by atoms with van der Waals surface area (Å²) in [6, 6.07) is 40.9. The molecule has 236 valence electrons. The molecule has 3 heteroatoms. The van der Waals surface area contributed by atoms with E-state index in [9.17, 15) is 0 Å². The number of aliphatic imine (C=N–C) groups is 1. The summed E-state index contributed by atoms with van der Waals surface area (Å²) in [4.78, 5) is 4.64. The van der Waals surface area contributed by atoms with Crippen molar-refractivity contribution in [2.45, 2.75) is 65.5 Å². The van der Waals surface area contributed by atoms with Crippen molar-refractivity contribution in [2.75, 3.05) is 7.05 Å². The molecule has 2 N–H and O–H groups in total. The molecule has 0 spiro atoms. The predicted octanol–water partition coefficient (Wildman–Crippen LogP) is 10.8. The molecule has 1 aliphatic rings. The second kappa shape index (κ2) is 11.7. The number of nitrogens with one attached hydrogen (secondary N) is 2. The molecular weight excluding hydrogens is 571 g/mol. The number of hydrogen-bond donors (Lipinski definition) is 2. The van der Waals surface area contributed by atoms with Crippen molar-refractivity contribution in [1.29, 1.82) is 0 Å². The summed E-state index contributed by atoms with van der Waals surface area (Å²) in [6.45, 7) is 14.9. The largest absolute Gasteiger partial charge is 0.352 e. The summed E-state index contributed by atoms with van der Waals surface area (Å²) in [6.07, 6.45) is 0. The predicted molar refractivity (Wildman–Crippen MR) is 202 cm³/mol. The van der Waals surface area contributed by atoms with Crippen molar-refractivity contribution >= 4 is 27.5 Å². The number of rotatable bonds is 2. The van der Waals surface area contributed by atoms with Crippen LogP contribution in [0, 0.1) is 0 Å². The van der Waals surface area contributed by atoms with Crippen LogP contribution in [-0.2, 0) is 23.9 Å². The van der Waals surface area contributed by atoms with E-state index in [1.807, 2.05) is 7.05 Å². The van der Waals surface area contributed by atoms with Crippen molar-refractivity contribution in [3.8, 4) is 33.4 Å². The van der Waals surface area contributed by atoms with E-state index in [-0.39, 0.29) is 10.8 Å². The summed E-state index contributed by atoms with van der Waals surface area (Å²) in [5.74, 6) is 0.799. The molecule has 0 saturated carbocycles. The topological polar surface area (TPSA) is 36.4 Å². The summed E-state index contributed by atoms with van der Waals surface area (Å²) in [5, 5.41) is 12.4. The van der Waals surface area contributed by atoms with Crippen LogP contribution in [0.25, 0.3) is 54.9 Å². The maximum atomic E-state index is 4.64. The van der Waals surface area contributed by atoms with E-state index < -0.39 is 0 Å². The SMILES string of the molecule is CN=C1NCc2c(-c3ccc(C(C)(C)C)cc3)cc3ccccc3c2-c2c(c(-c3ccc(C(C)(C)C)cc3)cc3ccccc23)CN1. The van der Waals surface area contributed by atoms with Crippen LogP contribution < -0.4 is 10.6 Å². The molecule has 6 aromatic carbocycles. The van der Waals surface area contributed by atoms with E-state index in [0.29, 0.717) is 13.1 Å². The van der Waals surface area contributed by atoms with Gasteiger partial charge in [0, 0.05) is 20.1 Å². The van der Waals surface area contributed by atoms with Crippen LogP contribution in [0.15, 0.2) is 114 Å². The minimum atomic E-state index is 0.0910. The van der Waals surface area contributed by atoms with Crippen LogP contribution in [0.1, 0.15) is 63.8 Å². The fourth-order valence-electron chi connectivity index (χ4n) is 7.10. The lowest BCUT2D eigenvalue weighted by atomic mass is 9.80. The third-order valence-corrected chi connectivity index (χ3v) is 9.78. The highest BCUT2D eigenvalue weighted by Gasteiger charge is 2.25. The molecule has 0 atom stereocenters. The van der Waals surface area contributed by atoms with Gasteiger partial charge in [0.2, 0.25) is 0 Å². The smallest absolute Gasteiger partial charge is 0.191 e. The first-order valence-electron chi connectivity index (χ1n) is 16.8. The highest BCUT2D eigenvalue weighted by molar-refractivity contribution is 6.12. The zero-order chi connectivity index (χ0) is 32.9. The maximum absolute atomic E-state index is 4.64. The molecule has 0 fully saturated rings. The first-order chi connectivity index (χ1) is 22.5. The van der Waals surface area contributed by atoms with Gasteiger partial charge in [0.1, 0.15) is 0 Å². The summed E-state index contributed by atoms with van der Waals surface area (Å²) >= 11 is 0. The zero-order valence-corrected chi connectivity index (χ0v) is 28.8. The molecule has 6 aromatic rings. The van der Waals surface area contributed by atoms with Gasteiger partial charge in [-0.25, -0.2) is 0 Å². The van der Waals surface area contributed by atoms with E-state index in [2.05, 4.69) is 166 Å². The van der Waals surface area contributed by atoms with Gasteiger partial charge < -0.3 is 10.6 Å². The van der Waals surface area contributed by atoms with Gasteiger partial charge in [-0.15, -0.1) is 0 Å². The number of nitrogens with zero attached hydrogens (tertiary/aromatic N) is 1. The Labute approximate surface area is 279 Å². The number of fused-ring (bicyclic) bond motifs is 7. The van der Waals surface area contributed by atoms with E-state index in [0.717, 1.165) is 5.96 Å². The van der Waals surface area contributed by atoms with Crippen LogP contribution in [0.3, 0.4) is 0 Å². The number of guanidine groups is 1. The van der Waals surface area contributed by atoms with Crippen molar-refractivity contribution in [1.82, 2.24) is 10.6 Å². The fraction of sp³-hybridized carbons (Fsp3) is 0.250. The van der Waals surface area contributed by atoms with E-state index >= 15 is 0 Å². The third-order valence-electron chi connectivity index (χ3n) is 9.78. The summed E-state index contributed by atoms with van der Waals surface area (Å²) in [7, 11) is 1.86. The monoisotopic (exact) mass is 615 g/mol. The third kappa shape index (κ3) is 5.69. The molecule has 0 saturated heterocycles. The molecule has 0 aromatic heterocycles. The molecule has 0 unspecified atom stereocenters. The minimum Gasteiger partial charge on any atom is -0.352 e. The Morgan fingerprint density at radius 3 is 1.26 bits per heavy atom. The molecule has 1 aliphatic heterocycles. The molecule has 0 bridgehead atoms. The Morgan fingerprint density at radius 1 is 0.511 bits per heavy atom. The van der Waals surface area contributed by atoms with Gasteiger partial charge in [0.25, 0.3) is 0 Å². The summed E-state index contributed by atoms with van der Waals surface area (Å²) in [5.41, 5.74) is 13.0. The molecule has 0 amide bonds. The van der Waals surface area contributed by atoms with Gasteiger partial charge >= 0.3 is 0 Å². The second-order valence-electron chi connectivity index (χ2n) is 14.9. The standard InChI is InChI=1S/C44H45N3/c1-43(2,3)32-20-16-28(17-21-32)36-24-30-12-8-10-14-34(30)40-38(36)26-46-42(45-7)47-27-39-37(25-31-13-9-11-15-35(31)41(39)40)29-18-22-33(23-19-29)44(4,5)6/h8-25H,26-27H2,1-7H3,(H2,45,46,47). The average molecular weight is 616 g/mol. The Kier molecular flexibility index (Phi) is 7.67. The minimum absolute atomic E-state index is 0.0910. The van der Waals surface area contributed by atoms with E-state index in [1.165, 1.54) is 77.2 Å². The van der Waals surface area contributed by atoms with Crippen LogP contribution in [0.5, 0.6) is 0 Å². The first-order valence-corrected chi connectivity index (χ1v) is 16.8. The number of benzene rings is 6. The molecule has 0 aliphatic carbocycles. The normalized spacial score (nSPS) is 13.6. The van der Waals surface area contributed by atoms with E-state index in [1.54, 1.807) is 0 Å². The zero-order valence-electron chi connectivity index (χ0n) is 28.8. The molecule has 3 nitrogen and oxygen atoms in total. The quantitative estimate of drug-likeness (QED) is 0.203. The van der Waals surface area contributed by atoms with Gasteiger partial charge in [-0.3, -0.25) is 4.99 Å². The molecule has 47 heavy (non-hydrogen) atoms. The Morgan fingerprint density at radius 2 is 0.894 bits per heavy atom. The van der Waals surface area contributed by atoms with Gasteiger partial charge in [-0.1, -0.05) is 139 Å². The van der Waals surface area contributed by atoms with Crippen molar-refractivity contribution < 1.29 is 0 Å². The van der Waals surface area contributed by atoms with Gasteiger partial charge in [0.05, 0.1) is 0 Å². The first kappa shape index (κ1) is 30.7. The fourth-order valence-corrected chi connectivity index (χ4v) is 7.10. The average Bonchev–Trinajstić information content (AvgIpc) is 3.15. The van der Waals surface area contributed by atoms with Crippen LogP contribution in [0.4, 0.5) is 0 Å². The highest BCUT2D eigenvalue weighted by atomic mass is 15.2. The Balaban J connectivity index is 1.60. The lowest BCUT2D eigenvalue weighted by molar-refractivity contribution is 0.590. The highest BCUT2D eigenvalue weighted by Crippen LogP contribution is 2.46.